The number of hydrogen-bond acceptors (Lipinski definition) is 5. The first-order valence-corrected chi connectivity index (χ1v) is 12.7. The van der Waals surface area contributed by atoms with Crippen LogP contribution in [0.25, 0.3) is 0 Å². The van der Waals surface area contributed by atoms with Crippen LogP contribution in [0.5, 0.6) is 0 Å². The monoisotopic (exact) mass is 496 g/mol. The van der Waals surface area contributed by atoms with Crippen molar-refractivity contribution in [2.75, 3.05) is 24.7 Å². The number of fused-ring (bicyclic) bond motifs is 2. The maximum absolute atomic E-state index is 13.6. The molecule has 2 amide bonds. The van der Waals surface area contributed by atoms with Gasteiger partial charge in [0.1, 0.15) is 5.82 Å². The third kappa shape index (κ3) is 5.11. The lowest BCUT2D eigenvalue weighted by molar-refractivity contribution is 0.0941. The molecule has 4 rings (SSSR count). The molecule has 35 heavy (non-hydrogen) atoms. The van der Waals surface area contributed by atoms with Gasteiger partial charge in [0.15, 0.2) is 0 Å². The van der Waals surface area contributed by atoms with E-state index < -0.39 is 27.5 Å². The highest BCUT2D eigenvalue weighted by Crippen LogP contribution is 2.38. The summed E-state index contributed by atoms with van der Waals surface area (Å²) in [7, 11) is -4.04. The lowest BCUT2D eigenvalue weighted by Crippen LogP contribution is -2.31. The van der Waals surface area contributed by atoms with Crippen molar-refractivity contribution in [2.24, 2.45) is 0 Å². The smallest absolute Gasteiger partial charge is 0.259 e. The van der Waals surface area contributed by atoms with Crippen LogP contribution in [0.1, 0.15) is 39.6 Å². The minimum atomic E-state index is -4.04. The van der Waals surface area contributed by atoms with Crippen molar-refractivity contribution in [2.45, 2.75) is 29.7 Å². The average Bonchev–Trinajstić information content (AvgIpc) is 2.93. The van der Waals surface area contributed by atoms with Crippen molar-refractivity contribution >= 4 is 27.3 Å². The van der Waals surface area contributed by atoms with E-state index in [0.29, 0.717) is 31.7 Å². The molecule has 3 aromatic rings. The molecule has 182 valence electrons. The van der Waals surface area contributed by atoms with E-state index in [9.17, 15) is 22.4 Å². The van der Waals surface area contributed by atoms with Crippen molar-refractivity contribution in [3.63, 3.8) is 0 Å². The number of nitrogens with one attached hydrogen (secondary N) is 1. The molecule has 1 aliphatic heterocycles. The van der Waals surface area contributed by atoms with Crippen LogP contribution in [0.2, 0.25) is 0 Å². The van der Waals surface area contributed by atoms with Crippen molar-refractivity contribution in [1.82, 2.24) is 5.32 Å². The number of hydrogen-bond donors (Lipinski definition) is 1. The van der Waals surface area contributed by atoms with E-state index in [1.807, 2.05) is 6.92 Å². The Morgan fingerprint density at radius 1 is 1.03 bits per heavy atom. The second-order valence-electron chi connectivity index (χ2n) is 8.01. The molecule has 9 heteroatoms. The highest BCUT2D eigenvalue weighted by molar-refractivity contribution is 7.91. The lowest BCUT2D eigenvalue weighted by Gasteiger charge is -2.23. The average molecular weight is 497 g/mol. The number of benzene rings is 3. The summed E-state index contributed by atoms with van der Waals surface area (Å²) in [5, 5.41) is 2.79. The Balaban J connectivity index is 1.76. The summed E-state index contributed by atoms with van der Waals surface area (Å²) in [6, 6.07) is 15.8. The minimum absolute atomic E-state index is 0.00457. The highest BCUT2D eigenvalue weighted by atomic mass is 32.2. The van der Waals surface area contributed by atoms with Gasteiger partial charge in [-0.05, 0) is 61.4 Å². The molecule has 7 nitrogen and oxygen atoms in total. The number of nitrogens with zero attached hydrogens (tertiary/aromatic N) is 1. The molecule has 0 saturated heterocycles. The predicted molar refractivity (Wildman–Crippen MR) is 129 cm³/mol. The number of halogens is 1. The SMILES string of the molecule is CCOCCCNC(=O)c1ccc2c(c1)N(Cc1ccc(F)cc1)C(=O)c1ccccc1S2(=O)=O. The zero-order valence-corrected chi connectivity index (χ0v) is 20.0. The van der Waals surface area contributed by atoms with Crippen LogP contribution >= 0.6 is 0 Å². The predicted octanol–water partition coefficient (Wildman–Crippen LogP) is 3.98. The van der Waals surface area contributed by atoms with Crippen LogP contribution < -0.4 is 10.2 Å². The Kier molecular flexibility index (Phi) is 7.28. The zero-order chi connectivity index (χ0) is 25.0. The third-order valence-electron chi connectivity index (χ3n) is 5.66. The Morgan fingerprint density at radius 3 is 2.51 bits per heavy atom. The maximum Gasteiger partial charge on any atom is 0.259 e. The number of anilines is 1. The number of sulfone groups is 1. The molecule has 3 aromatic carbocycles. The van der Waals surface area contributed by atoms with Crippen molar-refractivity contribution in [1.29, 1.82) is 0 Å². The fourth-order valence-electron chi connectivity index (χ4n) is 3.90. The zero-order valence-electron chi connectivity index (χ0n) is 19.2. The van der Waals surface area contributed by atoms with Crippen LogP contribution in [0, 0.1) is 5.82 Å². The number of amides is 2. The number of ether oxygens (including phenoxy) is 1. The topological polar surface area (TPSA) is 92.8 Å². The molecule has 0 saturated carbocycles. The molecular formula is C26H25FN2O5S. The van der Waals surface area contributed by atoms with Crippen LogP contribution in [0.15, 0.2) is 76.5 Å². The Morgan fingerprint density at radius 2 is 1.77 bits per heavy atom. The molecule has 0 aliphatic carbocycles. The summed E-state index contributed by atoms with van der Waals surface area (Å²) < 4.78 is 45.7. The summed E-state index contributed by atoms with van der Waals surface area (Å²) in [5.41, 5.74) is 0.955. The van der Waals surface area contributed by atoms with Crippen molar-refractivity contribution in [3.05, 3.63) is 89.2 Å². The molecule has 0 aromatic heterocycles. The van der Waals surface area contributed by atoms with Gasteiger partial charge in [0.25, 0.3) is 11.8 Å². The highest BCUT2D eigenvalue weighted by Gasteiger charge is 2.36. The first-order valence-electron chi connectivity index (χ1n) is 11.2. The van der Waals surface area contributed by atoms with Gasteiger partial charge in [0.2, 0.25) is 9.84 Å². The van der Waals surface area contributed by atoms with E-state index in [4.69, 9.17) is 4.74 Å². The van der Waals surface area contributed by atoms with E-state index >= 15 is 0 Å². The van der Waals surface area contributed by atoms with Crippen molar-refractivity contribution in [3.8, 4) is 0 Å². The molecule has 0 bridgehead atoms. The Hall–Kier alpha value is -3.56. The number of carbonyl (C=O) groups excluding carboxylic acids is 2. The van der Waals surface area contributed by atoms with Crippen molar-refractivity contribution < 1.29 is 27.1 Å². The Bertz CT molecular complexity index is 1360. The Labute approximate surface area is 203 Å². The van der Waals surface area contributed by atoms with Crippen LogP contribution in [-0.4, -0.2) is 40.0 Å². The molecule has 0 fully saturated rings. The van der Waals surface area contributed by atoms with E-state index in [-0.39, 0.29) is 33.2 Å². The minimum Gasteiger partial charge on any atom is -0.382 e. The van der Waals surface area contributed by atoms with Gasteiger partial charge in [-0.1, -0.05) is 24.3 Å². The normalized spacial score (nSPS) is 14.1. The molecular weight excluding hydrogens is 471 g/mol. The van der Waals surface area contributed by atoms with E-state index in [1.54, 1.807) is 12.1 Å². The first kappa shape index (κ1) is 24.6. The summed E-state index contributed by atoms with van der Waals surface area (Å²) in [5.74, 6) is -1.34. The van der Waals surface area contributed by atoms with Gasteiger partial charge in [-0.2, -0.15) is 0 Å². The van der Waals surface area contributed by atoms with Crippen LogP contribution in [0.4, 0.5) is 10.1 Å². The van der Waals surface area contributed by atoms with Gasteiger partial charge in [-0.3, -0.25) is 9.59 Å². The van der Waals surface area contributed by atoms with E-state index in [0.717, 1.165) is 0 Å². The summed E-state index contributed by atoms with van der Waals surface area (Å²) >= 11 is 0. The van der Waals surface area contributed by atoms with Gasteiger partial charge in [0.05, 0.1) is 27.6 Å². The standard InChI is InChI=1S/C26H25FN2O5S/c1-2-34-15-5-14-28-25(30)19-10-13-24-22(16-19)29(17-18-8-11-20(27)12-9-18)26(31)21-6-3-4-7-23(21)35(24,32)33/h3-4,6-13,16H,2,5,14-15,17H2,1H3,(H,28,30). The van der Waals surface area contributed by atoms with Gasteiger partial charge in [-0.15, -0.1) is 0 Å². The quantitative estimate of drug-likeness (QED) is 0.477. The van der Waals surface area contributed by atoms with Gasteiger partial charge in [0, 0.05) is 25.3 Å². The van der Waals surface area contributed by atoms with Gasteiger partial charge < -0.3 is 15.0 Å². The fraction of sp³-hybridized carbons (Fsp3) is 0.231. The second-order valence-corrected chi connectivity index (χ2v) is 9.89. The largest absolute Gasteiger partial charge is 0.382 e. The van der Waals surface area contributed by atoms with Crippen LogP contribution in [-0.2, 0) is 21.1 Å². The van der Waals surface area contributed by atoms with E-state index in [1.165, 1.54) is 59.5 Å². The van der Waals surface area contributed by atoms with Gasteiger partial charge in [-0.25, -0.2) is 12.8 Å². The van der Waals surface area contributed by atoms with Crippen LogP contribution in [0.3, 0.4) is 0 Å². The number of rotatable bonds is 8. The molecule has 1 heterocycles. The first-order chi connectivity index (χ1) is 16.8. The molecule has 0 atom stereocenters. The third-order valence-corrected chi connectivity index (χ3v) is 7.52. The van der Waals surface area contributed by atoms with E-state index in [2.05, 4.69) is 5.32 Å². The number of carbonyl (C=O) groups is 2. The molecule has 1 N–H and O–H groups in total. The molecule has 0 unspecified atom stereocenters. The summed E-state index contributed by atoms with van der Waals surface area (Å²) in [4.78, 5) is 27.5. The fourth-order valence-corrected chi connectivity index (χ4v) is 5.53. The molecule has 0 spiro atoms. The molecule has 0 radical (unpaired) electrons. The summed E-state index contributed by atoms with van der Waals surface area (Å²) in [6.45, 7) is 3.37. The molecule has 1 aliphatic rings. The van der Waals surface area contributed by atoms with Gasteiger partial charge >= 0.3 is 0 Å². The maximum atomic E-state index is 13.6. The lowest BCUT2D eigenvalue weighted by atomic mass is 10.1. The second kappa shape index (κ2) is 10.4. The summed E-state index contributed by atoms with van der Waals surface area (Å²) in [6.07, 6.45) is 0.628.